The van der Waals surface area contributed by atoms with Crippen LogP contribution in [-0.4, -0.2) is 42.5 Å². The molecule has 0 aliphatic carbocycles. The molecule has 1 N–H and O–H groups in total. The summed E-state index contributed by atoms with van der Waals surface area (Å²) in [5.41, 5.74) is 1.10. The summed E-state index contributed by atoms with van der Waals surface area (Å²) >= 11 is 1.31. The van der Waals surface area contributed by atoms with Gasteiger partial charge in [-0.2, -0.15) is 4.31 Å². The Morgan fingerprint density at radius 3 is 2.42 bits per heavy atom. The van der Waals surface area contributed by atoms with Crippen LogP contribution in [0.1, 0.15) is 51.1 Å². The molecular weight excluding hydrogens is 430 g/mol. The maximum absolute atomic E-state index is 12.7. The first-order valence-electron chi connectivity index (χ1n) is 10.8. The highest BCUT2D eigenvalue weighted by Crippen LogP contribution is 2.24. The van der Waals surface area contributed by atoms with Gasteiger partial charge in [0.05, 0.1) is 16.8 Å². The molecule has 1 amide bonds. The molecule has 168 valence electrons. The Kier molecular flexibility index (Phi) is 8.51. The van der Waals surface area contributed by atoms with E-state index in [0.29, 0.717) is 24.0 Å². The lowest BCUT2D eigenvalue weighted by Gasteiger charge is -2.25. The number of nitrogens with one attached hydrogen (secondary N) is 1. The minimum Gasteiger partial charge on any atom is -0.349 e. The van der Waals surface area contributed by atoms with Crippen molar-refractivity contribution in [2.24, 2.45) is 5.92 Å². The molecule has 2 heterocycles. The van der Waals surface area contributed by atoms with Gasteiger partial charge in [0.1, 0.15) is 4.90 Å². The van der Waals surface area contributed by atoms with E-state index in [1.165, 1.54) is 22.3 Å². The van der Waals surface area contributed by atoms with Gasteiger partial charge in [0.15, 0.2) is 0 Å². The van der Waals surface area contributed by atoms with Crippen molar-refractivity contribution in [3.63, 3.8) is 0 Å². The molecule has 2 aromatic rings. The van der Waals surface area contributed by atoms with Crippen molar-refractivity contribution in [3.8, 4) is 0 Å². The molecule has 31 heavy (non-hydrogen) atoms. The molecule has 1 atom stereocenters. The van der Waals surface area contributed by atoms with Gasteiger partial charge < -0.3 is 5.32 Å². The van der Waals surface area contributed by atoms with Crippen LogP contribution in [0.25, 0.3) is 0 Å². The molecule has 0 radical (unpaired) electrons. The molecule has 1 aliphatic heterocycles. The summed E-state index contributed by atoms with van der Waals surface area (Å²) in [6.07, 6.45) is 5.13. The van der Waals surface area contributed by atoms with Crippen LogP contribution in [-0.2, 0) is 14.8 Å². The monoisotopic (exact) mass is 461 g/mol. The lowest BCUT2D eigenvalue weighted by Crippen LogP contribution is -2.35. The Morgan fingerprint density at radius 1 is 1.10 bits per heavy atom. The minimum absolute atomic E-state index is 0.0284. The third-order valence-electron chi connectivity index (χ3n) is 5.26. The number of thioether (sulfide) groups is 1. The molecule has 1 saturated heterocycles. The van der Waals surface area contributed by atoms with Gasteiger partial charge in [-0.25, -0.2) is 13.4 Å². The third-order valence-corrected chi connectivity index (χ3v) is 8.08. The van der Waals surface area contributed by atoms with Crippen LogP contribution in [0.3, 0.4) is 0 Å². The molecule has 1 fully saturated rings. The molecular formula is C23H31N3O3S2. The molecule has 0 saturated carbocycles. The lowest BCUT2D eigenvalue weighted by atomic mass is 9.97. The van der Waals surface area contributed by atoms with Gasteiger partial charge in [0.2, 0.25) is 15.9 Å². The number of amides is 1. The summed E-state index contributed by atoms with van der Waals surface area (Å²) in [5, 5.41) is 3.76. The quantitative estimate of drug-likeness (QED) is 0.565. The van der Waals surface area contributed by atoms with E-state index in [2.05, 4.69) is 24.1 Å². The van der Waals surface area contributed by atoms with Gasteiger partial charge in [-0.15, -0.1) is 0 Å². The van der Waals surface area contributed by atoms with Crippen LogP contribution in [0, 0.1) is 5.92 Å². The van der Waals surface area contributed by atoms with E-state index < -0.39 is 10.0 Å². The van der Waals surface area contributed by atoms with E-state index in [4.69, 9.17) is 0 Å². The molecule has 8 heteroatoms. The fourth-order valence-electron chi connectivity index (χ4n) is 3.67. The second-order valence-electron chi connectivity index (χ2n) is 8.25. The van der Waals surface area contributed by atoms with Gasteiger partial charge in [-0.1, -0.05) is 62.4 Å². The van der Waals surface area contributed by atoms with Crippen molar-refractivity contribution in [2.45, 2.75) is 55.5 Å². The number of rotatable bonds is 9. The zero-order valence-electron chi connectivity index (χ0n) is 18.2. The second-order valence-corrected chi connectivity index (χ2v) is 11.2. The summed E-state index contributed by atoms with van der Waals surface area (Å²) in [6, 6.07) is 13.2. The number of aromatic nitrogens is 1. The average molecular weight is 462 g/mol. The van der Waals surface area contributed by atoms with Crippen LogP contribution in [0.5, 0.6) is 0 Å². The predicted octanol–water partition coefficient (Wildman–Crippen LogP) is 4.25. The Balaban J connectivity index is 1.57. The smallest absolute Gasteiger partial charge is 0.244 e. The normalized spacial score (nSPS) is 16.2. The number of sulfonamides is 1. The fraction of sp³-hybridized carbons (Fsp3) is 0.478. The van der Waals surface area contributed by atoms with Gasteiger partial charge in [-0.05, 0) is 42.9 Å². The van der Waals surface area contributed by atoms with Crippen molar-refractivity contribution in [3.05, 3.63) is 54.2 Å². The van der Waals surface area contributed by atoms with E-state index in [1.54, 1.807) is 12.1 Å². The number of carbonyl (C=O) groups excluding carboxylic acids is 1. The van der Waals surface area contributed by atoms with E-state index in [1.807, 2.05) is 30.3 Å². The zero-order chi connectivity index (χ0) is 22.3. The van der Waals surface area contributed by atoms with Crippen molar-refractivity contribution >= 4 is 27.7 Å². The standard InChI is InChI=1S/C23H31N3O3S2/c1-18(2)15-21(19-9-5-3-6-10-19)25-22(27)17-30-23-12-11-20(16-24-23)31(28,29)26-13-7-4-8-14-26/h3,5-6,9-12,16,18,21H,4,7-8,13-15,17H2,1-2H3,(H,25,27). The van der Waals surface area contributed by atoms with E-state index in [0.717, 1.165) is 31.2 Å². The van der Waals surface area contributed by atoms with Crippen molar-refractivity contribution < 1.29 is 13.2 Å². The zero-order valence-corrected chi connectivity index (χ0v) is 19.8. The third kappa shape index (κ3) is 6.79. The predicted molar refractivity (Wildman–Crippen MR) is 124 cm³/mol. The summed E-state index contributed by atoms with van der Waals surface area (Å²) in [7, 11) is -3.49. The largest absolute Gasteiger partial charge is 0.349 e. The number of hydrogen-bond donors (Lipinski definition) is 1. The van der Waals surface area contributed by atoms with Crippen molar-refractivity contribution in [2.75, 3.05) is 18.8 Å². The summed E-state index contributed by atoms with van der Waals surface area (Å²) in [4.78, 5) is 17.0. The molecule has 1 aliphatic rings. The number of nitrogens with zero attached hydrogens (tertiary/aromatic N) is 2. The Hall–Kier alpha value is -1.90. The first-order chi connectivity index (χ1) is 14.9. The fourth-order valence-corrected chi connectivity index (χ4v) is 5.79. The Morgan fingerprint density at radius 2 is 1.81 bits per heavy atom. The molecule has 1 aromatic carbocycles. The first-order valence-corrected chi connectivity index (χ1v) is 13.2. The maximum atomic E-state index is 12.7. The SMILES string of the molecule is CC(C)CC(NC(=O)CSc1ccc(S(=O)(=O)N2CCCCC2)cn1)c1ccccc1. The van der Waals surface area contributed by atoms with Crippen molar-refractivity contribution in [1.29, 1.82) is 0 Å². The summed E-state index contributed by atoms with van der Waals surface area (Å²) in [5.74, 6) is 0.618. The number of benzene rings is 1. The molecule has 0 bridgehead atoms. The lowest BCUT2D eigenvalue weighted by molar-refractivity contribution is -0.119. The number of piperidine rings is 1. The van der Waals surface area contributed by atoms with Gasteiger partial charge >= 0.3 is 0 Å². The molecule has 6 nitrogen and oxygen atoms in total. The highest BCUT2D eigenvalue weighted by atomic mass is 32.2. The maximum Gasteiger partial charge on any atom is 0.244 e. The molecule has 3 rings (SSSR count). The summed E-state index contributed by atoms with van der Waals surface area (Å²) in [6.45, 7) is 5.41. The topological polar surface area (TPSA) is 79.4 Å². The highest BCUT2D eigenvalue weighted by Gasteiger charge is 2.26. The van der Waals surface area contributed by atoms with Crippen LogP contribution >= 0.6 is 11.8 Å². The van der Waals surface area contributed by atoms with E-state index >= 15 is 0 Å². The Bertz CT molecular complexity index is 942. The molecule has 1 unspecified atom stereocenters. The molecule has 1 aromatic heterocycles. The van der Waals surface area contributed by atoms with E-state index in [9.17, 15) is 13.2 Å². The number of carbonyl (C=O) groups is 1. The first kappa shape index (κ1) is 23.8. The average Bonchev–Trinajstić information content (AvgIpc) is 2.78. The Labute approximate surface area is 189 Å². The minimum atomic E-state index is -3.49. The van der Waals surface area contributed by atoms with Crippen LogP contribution in [0.4, 0.5) is 0 Å². The molecule has 0 spiro atoms. The van der Waals surface area contributed by atoms with Gasteiger partial charge in [0.25, 0.3) is 0 Å². The van der Waals surface area contributed by atoms with Gasteiger partial charge in [-0.3, -0.25) is 4.79 Å². The number of hydrogen-bond acceptors (Lipinski definition) is 5. The van der Waals surface area contributed by atoms with Crippen LogP contribution in [0.15, 0.2) is 58.6 Å². The highest BCUT2D eigenvalue weighted by molar-refractivity contribution is 7.99. The van der Waals surface area contributed by atoms with E-state index in [-0.39, 0.29) is 22.6 Å². The second kappa shape index (κ2) is 11.1. The summed E-state index contributed by atoms with van der Waals surface area (Å²) < 4.78 is 27.0. The number of pyridine rings is 1. The van der Waals surface area contributed by atoms with Gasteiger partial charge in [0, 0.05) is 19.3 Å². The van der Waals surface area contributed by atoms with Crippen LogP contribution < -0.4 is 5.32 Å². The van der Waals surface area contributed by atoms with Crippen LogP contribution in [0.2, 0.25) is 0 Å². The van der Waals surface area contributed by atoms with Crippen molar-refractivity contribution in [1.82, 2.24) is 14.6 Å².